The number of benzene rings is 2. The molecule has 0 bridgehead atoms. The third-order valence-electron chi connectivity index (χ3n) is 3.46. The van der Waals surface area contributed by atoms with E-state index in [1.165, 1.54) is 4.68 Å². The summed E-state index contributed by atoms with van der Waals surface area (Å²) in [4.78, 5) is 11.7. The molecule has 3 rings (SSSR count). The van der Waals surface area contributed by atoms with Gasteiger partial charge in [0.25, 0.3) is 0 Å². The highest BCUT2D eigenvalue weighted by Gasteiger charge is 2.10. The first-order chi connectivity index (χ1) is 11.8. The smallest absolute Gasteiger partial charge is 0.437 e. The van der Waals surface area contributed by atoms with Crippen LogP contribution in [0.4, 0.5) is 0 Å². The number of aromatic nitrogens is 2. The van der Waals surface area contributed by atoms with E-state index in [0.717, 1.165) is 16.9 Å². The molecule has 0 spiro atoms. The fourth-order valence-corrected chi connectivity index (χ4v) is 2.18. The molecular formula is C18H18N2O4. The van der Waals surface area contributed by atoms with Crippen LogP contribution in [0.25, 0.3) is 11.5 Å². The molecule has 124 valence electrons. The summed E-state index contributed by atoms with van der Waals surface area (Å²) in [6.45, 7) is 1.26. The minimum absolute atomic E-state index is 0.283. The molecule has 0 saturated heterocycles. The first kappa shape index (κ1) is 16.0. The molecule has 0 atom stereocenters. The predicted molar refractivity (Wildman–Crippen MR) is 88.8 cm³/mol. The Morgan fingerprint density at radius 3 is 2.54 bits per heavy atom. The van der Waals surface area contributed by atoms with Crippen LogP contribution < -0.4 is 10.5 Å². The van der Waals surface area contributed by atoms with Gasteiger partial charge in [-0.15, -0.1) is 5.10 Å². The predicted octanol–water partition coefficient (Wildman–Crippen LogP) is 2.73. The van der Waals surface area contributed by atoms with Gasteiger partial charge < -0.3 is 13.9 Å². The van der Waals surface area contributed by atoms with Crippen LogP contribution in [0.3, 0.4) is 0 Å². The van der Waals surface area contributed by atoms with Crippen LogP contribution in [0.2, 0.25) is 0 Å². The van der Waals surface area contributed by atoms with Gasteiger partial charge >= 0.3 is 5.76 Å². The van der Waals surface area contributed by atoms with Gasteiger partial charge in [0, 0.05) is 12.7 Å². The van der Waals surface area contributed by atoms with E-state index in [0.29, 0.717) is 19.8 Å². The van der Waals surface area contributed by atoms with E-state index in [-0.39, 0.29) is 5.89 Å². The molecule has 1 aromatic heterocycles. The van der Waals surface area contributed by atoms with Crippen molar-refractivity contribution in [3.8, 4) is 17.2 Å². The van der Waals surface area contributed by atoms with Gasteiger partial charge in [0.1, 0.15) is 12.4 Å². The number of nitrogens with zero attached hydrogens (tertiary/aromatic N) is 2. The molecule has 0 aliphatic carbocycles. The second-order valence-electron chi connectivity index (χ2n) is 5.19. The number of rotatable bonds is 7. The summed E-state index contributed by atoms with van der Waals surface area (Å²) in [5.41, 5.74) is 1.82. The van der Waals surface area contributed by atoms with Crippen molar-refractivity contribution in [2.75, 3.05) is 13.7 Å². The maximum atomic E-state index is 11.7. The zero-order valence-corrected chi connectivity index (χ0v) is 13.3. The van der Waals surface area contributed by atoms with E-state index in [1.807, 2.05) is 54.6 Å². The Morgan fingerprint density at radius 1 is 1.08 bits per heavy atom. The Morgan fingerprint density at radius 2 is 1.83 bits per heavy atom. The van der Waals surface area contributed by atoms with Gasteiger partial charge in [0.15, 0.2) is 0 Å². The van der Waals surface area contributed by atoms with Crippen LogP contribution in [0.15, 0.2) is 63.8 Å². The quantitative estimate of drug-likeness (QED) is 0.668. The second-order valence-corrected chi connectivity index (χ2v) is 5.19. The lowest BCUT2D eigenvalue weighted by Crippen LogP contribution is -2.18. The highest BCUT2D eigenvalue weighted by Crippen LogP contribution is 2.20. The van der Waals surface area contributed by atoms with Crippen molar-refractivity contribution in [3.05, 3.63) is 70.7 Å². The van der Waals surface area contributed by atoms with Crippen LogP contribution in [0.1, 0.15) is 5.56 Å². The third-order valence-corrected chi connectivity index (χ3v) is 3.46. The first-order valence-corrected chi connectivity index (χ1v) is 7.60. The monoisotopic (exact) mass is 326 g/mol. The van der Waals surface area contributed by atoms with Crippen LogP contribution in [-0.2, 0) is 17.9 Å². The zero-order valence-electron chi connectivity index (χ0n) is 13.3. The lowest BCUT2D eigenvalue weighted by atomic mass is 10.2. The Balaban J connectivity index is 1.67. The van der Waals surface area contributed by atoms with Crippen molar-refractivity contribution in [3.63, 3.8) is 0 Å². The Hall–Kier alpha value is -2.86. The van der Waals surface area contributed by atoms with Crippen molar-refractivity contribution >= 4 is 0 Å². The Kier molecular flexibility index (Phi) is 5.08. The minimum Gasteiger partial charge on any atom is -0.489 e. The molecule has 6 nitrogen and oxygen atoms in total. The van der Waals surface area contributed by atoms with Crippen molar-refractivity contribution in [2.45, 2.75) is 13.2 Å². The van der Waals surface area contributed by atoms with E-state index < -0.39 is 5.76 Å². The van der Waals surface area contributed by atoms with E-state index >= 15 is 0 Å². The van der Waals surface area contributed by atoms with Gasteiger partial charge in [-0.3, -0.25) is 0 Å². The molecule has 0 unspecified atom stereocenters. The van der Waals surface area contributed by atoms with E-state index in [9.17, 15) is 4.79 Å². The van der Waals surface area contributed by atoms with Gasteiger partial charge in [-0.05, 0) is 29.8 Å². The third kappa shape index (κ3) is 3.91. The van der Waals surface area contributed by atoms with Gasteiger partial charge in [-0.2, -0.15) is 4.68 Å². The van der Waals surface area contributed by atoms with Crippen molar-refractivity contribution in [2.24, 2.45) is 0 Å². The fraction of sp³-hybridized carbons (Fsp3) is 0.222. The molecule has 24 heavy (non-hydrogen) atoms. The van der Waals surface area contributed by atoms with Gasteiger partial charge in [0.2, 0.25) is 5.89 Å². The van der Waals surface area contributed by atoms with Crippen molar-refractivity contribution in [1.82, 2.24) is 9.78 Å². The maximum Gasteiger partial charge on any atom is 0.437 e. The Bertz CT molecular complexity index is 822. The number of hydrogen-bond acceptors (Lipinski definition) is 5. The fourth-order valence-electron chi connectivity index (χ4n) is 2.18. The number of hydrogen-bond donors (Lipinski definition) is 0. The highest BCUT2D eigenvalue weighted by molar-refractivity contribution is 5.53. The summed E-state index contributed by atoms with van der Waals surface area (Å²) in [7, 11) is 1.57. The SMILES string of the molecule is COCCn1nc(-c2ccc(OCc3ccccc3)cc2)oc1=O. The average Bonchev–Trinajstić information content (AvgIpc) is 3.00. The molecule has 6 heteroatoms. The summed E-state index contributed by atoms with van der Waals surface area (Å²) in [6.07, 6.45) is 0. The maximum absolute atomic E-state index is 11.7. The van der Waals surface area contributed by atoms with Crippen LogP contribution >= 0.6 is 0 Å². The lowest BCUT2D eigenvalue weighted by molar-refractivity contribution is 0.181. The second kappa shape index (κ2) is 7.61. The number of methoxy groups -OCH3 is 1. The van der Waals surface area contributed by atoms with E-state index in [4.69, 9.17) is 13.9 Å². The molecule has 0 amide bonds. The topological polar surface area (TPSA) is 66.5 Å². The molecule has 0 radical (unpaired) electrons. The average molecular weight is 326 g/mol. The lowest BCUT2D eigenvalue weighted by Gasteiger charge is -2.06. The summed E-state index contributed by atoms with van der Waals surface area (Å²) >= 11 is 0. The molecule has 0 N–H and O–H groups in total. The minimum atomic E-state index is -0.494. The first-order valence-electron chi connectivity index (χ1n) is 7.60. The molecule has 2 aromatic carbocycles. The highest BCUT2D eigenvalue weighted by atomic mass is 16.5. The van der Waals surface area contributed by atoms with Crippen LogP contribution in [0, 0.1) is 0 Å². The van der Waals surface area contributed by atoms with Crippen molar-refractivity contribution < 1.29 is 13.9 Å². The van der Waals surface area contributed by atoms with Gasteiger partial charge in [0.05, 0.1) is 13.2 Å². The van der Waals surface area contributed by atoms with Gasteiger partial charge in [-0.1, -0.05) is 30.3 Å². The van der Waals surface area contributed by atoms with E-state index in [2.05, 4.69) is 5.10 Å². The summed E-state index contributed by atoms with van der Waals surface area (Å²) < 4.78 is 17.1. The molecule has 0 aliphatic rings. The standard InChI is InChI=1S/C18H18N2O4/c1-22-12-11-20-18(21)24-17(19-20)15-7-9-16(10-8-15)23-13-14-5-3-2-4-6-14/h2-10H,11-13H2,1H3. The molecule has 0 aliphatic heterocycles. The largest absolute Gasteiger partial charge is 0.489 e. The Labute approximate surface area is 139 Å². The molecule has 0 saturated carbocycles. The van der Waals surface area contributed by atoms with Crippen molar-refractivity contribution in [1.29, 1.82) is 0 Å². The zero-order chi connectivity index (χ0) is 16.8. The van der Waals surface area contributed by atoms with Crippen LogP contribution in [-0.4, -0.2) is 23.5 Å². The summed E-state index contributed by atoms with van der Waals surface area (Å²) in [5, 5.41) is 4.16. The normalized spacial score (nSPS) is 10.7. The molecule has 0 fully saturated rings. The summed E-state index contributed by atoms with van der Waals surface area (Å²) in [5.74, 6) is 0.529. The summed E-state index contributed by atoms with van der Waals surface area (Å²) in [6, 6.07) is 17.2. The molecular weight excluding hydrogens is 308 g/mol. The van der Waals surface area contributed by atoms with Crippen LogP contribution in [0.5, 0.6) is 5.75 Å². The number of ether oxygens (including phenoxy) is 2. The van der Waals surface area contributed by atoms with Gasteiger partial charge in [-0.25, -0.2) is 4.79 Å². The molecule has 1 heterocycles. The molecule has 3 aromatic rings. The van der Waals surface area contributed by atoms with E-state index in [1.54, 1.807) is 7.11 Å².